The third-order valence-electron chi connectivity index (χ3n) is 0.728. The van der Waals surface area contributed by atoms with E-state index in [2.05, 4.69) is 0 Å². The van der Waals surface area contributed by atoms with Crippen molar-refractivity contribution in [1.82, 2.24) is 0 Å². The summed E-state index contributed by atoms with van der Waals surface area (Å²) < 4.78 is 34.3. The molecule has 4 heteroatoms. The van der Waals surface area contributed by atoms with Gasteiger partial charge in [-0.3, -0.25) is 0 Å². The maximum atomic E-state index is 11.4. The first kappa shape index (κ1) is 8.02. The minimum absolute atomic E-state index is 0.472. The molecule has 0 atom stereocenters. The summed E-state index contributed by atoms with van der Waals surface area (Å²) in [5.74, 6) is 0. The first-order valence-electron chi connectivity index (χ1n) is 2.12. The largest absolute Gasteiger partial charge is 0.413 e. The Bertz CT molecular complexity index is 160. The summed E-state index contributed by atoms with van der Waals surface area (Å²) in [5.41, 5.74) is -0.870. The third kappa shape index (κ3) is 2.75. The third-order valence-corrected chi connectivity index (χ3v) is 0.728. The van der Waals surface area contributed by atoms with Gasteiger partial charge in [-0.1, -0.05) is 0 Å². The second-order valence-corrected chi connectivity index (χ2v) is 1.45. The first-order valence-corrected chi connectivity index (χ1v) is 2.12. The van der Waals surface area contributed by atoms with Crippen molar-refractivity contribution in [2.75, 3.05) is 0 Å². The summed E-state index contributed by atoms with van der Waals surface area (Å²) in [7, 11) is 0. The Balaban J connectivity index is 4.25. The topological polar surface area (TPSA) is 23.8 Å². The van der Waals surface area contributed by atoms with E-state index in [0.717, 1.165) is 6.92 Å². The zero-order valence-corrected chi connectivity index (χ0v) is 4.66. The van der Waals surface area contributed by atoms with E-state index in [1.54, 1.807) is 0 Å². The second-order valence-electron chi connectivity index (χ2n) is 1.45. The number of hydrogen-bond donors (Lipinski definition) is 0. The van der Waals surface area contributed by atoms with Crippen LogP contribution >= 0.6 is 0 Å². The summed E-state index contributed by atoms with van der Waals surface area (Å²) in [5, 5.41) is 7.77. The van der Waals surface area contributed by atoms with E-state index >= 15 is 0 Å². The van der Waals surface area contributed by atoms with Crippen LogP contribution in [0.1, 0.15) is 6.92 Å². The second kappa shape index (κ2) is 2.53. The van der Waals surface area contributed by atoms with Crippen LogP contribution in [0, 0.1) is 11.3 Å². The van der Waals surface area contributed by atoms with Crippen molar-refractivity contribution in [3.8, 4) is 6.07 Å². The molecule has 0 aromatic carbocycles. The van der Waals surface area contributed by atoms with E-state index in [1.807, 2.05) is 0 Å². The molecule has 0 amide bonds. The highest BCUT2D eigenvalue weighted by Gasteiger charge is 2.29. The van der Waals surface area contributed by atoms with Crippen LogP contribution in [-0.2, 0) is 0 Å². The number of rotatable bonds is 0. The molecule has 0 fully saturated rings. The molecule has 0 aliphatic carbocycles. The number of allylic oxidation sites excluding steroid dienone is 2. The van der Waals surface area contributed by atoms with E-state index in [0.29, 0.717) is 6.08 Å². The molecule has 0 heterocycles. The monoisotopic (exact) mass is 135 g/mol. The van der Waals surface area contributed by atoms with Crippen molar-refractivity contribution in [3.63, 3.8) is 0 Å². The molecular formula is C5H4F3N. The Hall–Kier alpha value is -0.980. The van der Waals surface area contributed by atoms with E-state index in [-0.39, 0.29) is 0 Å². The van der Waals surface area contributed by atoms with Crippen LogP contribution in [0.4, 0.5) is 13.2 Å². The molecular weight excluding hydrogens is 131 g/mol. The summed E-state index contributed by atoms with van der Waals surface area (Å²) in [6, 6.07) is 1.29. The van der Waals surface area contributed by atoms with Gasteiger partial charge in [0, 0.05) is 11.6 Å². The first-order chi connectivity index (χ1) is 3.98. The Morgan fingerprint density at radius 1 is 1.56 bits per heavy atom. The molecule has 0 aliphatic rings. The van der Waals surface area contributed by atoms with Crippen molar-refractivity contribution < 1.29 is 13.2 Å². The van der Waals surface area contributed by atoms with E-state index in [4.69, 9.17) is 5.26 Å². The average Bonchev–Trinajstić information content (AvgIpc) is 1.64. The molecule has 0 aliphatic heterocycles. The molecule has 9 heavy (non-hydrogen) atoms. The number of nitrogens with zero attached hydrogens (tertiary/aromatic N) is 1. The molecule has 0 rings (SSSR count). The number of alkyl halides is 3. The number of nitriles is 1. The van der Waals surface area contributed by atoms with Crippen LogP contribution in [0.25, 0.3) is 0 Å². The molecule has 0 bridgehead atoms. The molecule has 50 valence electrons. The summed E-state index contributed by atoms with van der Waals surface area (Å²) in [4.78, 5) is 0. The number of hydrogen-bond acceptors (Lipinski definition) is 1. The van der Waals surface area contributed by atoms with Crippen LogP contribution in [-0.4, -0.2) is 6.18 Å². The van der Waals surface area contributed by atoms with Crippen LogP contribution in [0.3, 0.4) is 0 Å². The maximum absolute atomic E-state index is 11.4. The predicted octanol–water partition coefficient (Wildman–Crippen LogP) is 2.02. The van der Waals surface area contributed by atoms with Gasteiger partial charge < -0.3 is 0 Å². The predicted molar refractivity (Wildman–Crippen MR) is 25.4 cm³/mol. The standard InChI is InChI=1S/C5H4F3N/c1-4(2-3-9)5(6,7)8/h2H,1H3/b4-2+. The van der Waals surface area contributed by atoms with E-state index < -0.39 is 11.7 Å². The van der Waals surface area contributed by atoms with Crippen LogP contribution in [0.2, 0.25) is 0 Å². The van der Waals surface area contributed by atoms with Gasteiger partial charge in [-0.15, -0.1) is 0 Å². The highest BCUT2D eigenvalue weighted by atomic mass is 19.4. The Morgan fingerprint density at radius 2 is 2.00 bits per heavy atom. The van der Waals surface area contributed by atoms with E-state index in [1.165, 1.54) is 6.07 Å². The van der Waals surface area contributed by atoms with Crippen molar-refractivity contribution in [2.45, 2.75) is 13.1 Å². The minimum Gasteiger partial charge on any atom is -0.193 e. The zero-order chi connectivity index (χ0) is 7.49. The fraction of sp³-hybridized carbons (Fsp3) is 0.400. The highest BCUT2D eigenvalue weighted by Crippen LogP contribution is 2.23. The summed E-state index contributed by atoms with van der Waals surface area (Å²) >= 11 is 0. The van der Waals surface area contributed by atoms with Gasteiger partial charge in [-0.25, -0.2) is 0 Å². The molecule has 0 aromatic rings. The van der Waals surface area contributed by atoms with Gasteiger partial charge in [0.05, 0.1) is 6.07 Å². The summed E-state index contributed by atoms with van der Waals surface area (Å²) in [6.45, 7) is 0.850. The minimum atomic E-state index is -4.35. The fourth-order valence-corrected chi connectivity index (χ4v) is 0.179. The van der Waals surface area contributed by atoms with Crippen molar-refractivity contribution in [2.24, 2.45) is 0 Å². The molecule has 0 saturated heterocycles. The maximum Gasteiger partial charge on any atom is 0.413 e. The molecule has 0 saturated carbocycles. The molecule has 0 N–H and O–H groups in total. The van der Waals surface area contributed by atoms with Crippen molar-refractivity contribution in [3.05, 3.63) is 11.6 Å². The lowest BCUT2D eigenvalue weighted by molar-refractivity contribution is -0.0912. The molecule has 0 spiro atoms. The van der Waals surface area contributed by atoms with Crippen LogP contribution < -0.4 is 0 Å². The fourth-order valence-electron chi connectivity index (χ4n) is 0.179. The van der Waals surface area contributed by atoms with Gasteiger partial charge in [-0.05, 0) is 6.92 Å². The zero-order valence-electron chi connectivity index (χ0n) is 4.66. The quantitative estimate of drug-likeness (QED) is 0.466. The van der Waals surface area contributed by atoms with Gasteiger partial charge in [0.2, 0.25) is 0 Å². The lowest BCUT2D eigenvalue weighted by Crippen LogP contribution is -2.08. The molecule has 0 aromatic heterocycles. The lowest BCUT2D eigenvalue weighted by Gasteiger charge is -2.02. The Morgan fingerprint density at radius 3 is 2.11 bits per heavy atom. The van der Waals surface area contributed by atoms with Crippen molar-refractivity contribution in [1.29, 1.82) is 5.26 Å². The highest BCUT2D eigenvalue weighted by molar-refractivity contribution is 5.15. The SMILES string of the molecule is C/C(=C\C#N)C(F)(F)F. The Labute approximate surface area is 50.4 Å². The molecule has 0 radical (unpaired) electrons. The van der Waals surface area contributed by atoms with Crippen molar-refractivity contribution >= 4 is 0 Å². The molecule has 1 nitrogen and oxygen atoms in total. The Kier molecular flexibility index (Phi) is 2.26. The van der Waals surface area contributed by atoms with Crippen LogP contribution in [0.5, 0.6) is 0 Å². The normalized spacial score (nSPS) is 13.0. The van der Waals surface area contributed by atoms with Crippen LogP contribution in [0.15, 0.2) is 11.6 Å². The van der Waals surface area contributed by atoms with Gasteiger partial charge in [0.15, 0.2) is 0 Å². The van der Waals surface area contributed by atoms with Gasteiger partial charge in [-0.2, -0.15) is 18.4 Å². The van der Waals surface area contributed by atoms with E-state index in [9.17, 15) is 13.2 Å². The summed E-state index contributed by atoms with van der Waals surface area (Å²) in [6.07, 6.45) is -3.88. The van der Waals surface area contributed by atoms with Gasteiger partial charge in [0.25, 0.3) is 0 Å². The smallest absolute Gasteiger partial charge is 0.193 e. The lowest BCUT2D eigenvalue weighted by atomic mass is 10.3. The number of halogens is 3. The van der Waals surface area contributed by atoms with Gasteiger partial charge >= 0.3 is 6.18 Å². The average molecular weight is 135 g/mol. The van der Waals surface area contributed by atoms with Gasteiger partial charge in [0.1, 0.15) is 0 Å². The molecule has 0 unspecified atom stereocenters.